The number of carbonyl (C=O) groups excluding carboxylic acids is 2. The Morgan fingerprint density at radius 1 is 0.941 bits per heavy atom. The van der Waals surface area contributed by atoms with E-state index in [0.29, 0.717) is 25.7 Å². The van der Waals surface area contributed by atoms with Crippen molar-refractivity contribution in [3.8, 4) is 0 Å². The third-order valence-electron chi connectivity index (χ3n) is 11.7. The van der Waals surface area contributed by atoms with E-state index in [9.17, 15) is 35.1 Å². The first-order valence-corrected chi connectivity index (χ1v) is 19.4. The van der Waals surface area contributed by atoms with Crippen LogP contribution in [0.3, 0.4) is 0 Å². The smallest absolute Gasteiger partial charge is 1.00 e. The number of ketones is 1. The van der Waals surface area contributed by atoms with Crippen molar-refractivity contribution in [2.24, 2.45) is 47.3 Å². The first kappa shape index (κ1) is 48.5. The first-order valence-electron chi connectivity index (χ1n) is 19.4. The van der Waals surface area contributed by atoms with Crippen LogP contribution in [0, 0.1) is 47.3 Å². The molecule has 2 unspecified atom stereocenters. The van der Waals surface area contributed by atoms with Gasteiger partial charge in [0.15, 0.2) is 5.78 Å². The molecule has 0 aliphatic carbocycles. The Balaban J connectivity index is 0. The summed E-state index contributed by atoms with van der Waals surface area (Å²) in [4.78, 5) is 23.5. The molecule has 0 amide bonds. The molecule has 2 aliphatic heterocycles. The second-order valence-electron chi connectivity index (χ2n) is 17.0. The fraction of sp³-hybridized carbons (Fsp3) is 0.854. The van der Waals surface area contributed by atoms with Gasteiger partial charge in [-0.3, -0.25) is 4.79 Å². The Morgan fingerprint density at radius 3 is 2.16 bits per heavy atom. The van der Waals surface area contributed by atoms with Gasteiger partial charge < -0.3 is 42.7 Å². The van der Waals surface area contributed by atoms with Crippen molar-refractivity contribution in [2.45, 2.75) is 176 Å². The maximum absolute atomic E-state index is 12.9. The molecule has 2 heterocycles. The van der Waals surface area contributed by atoms with Gasteiger partial charge in [-0.05, 0) is 114 Å². The van der Waals surface area contributed by atoms with Crippen LogP contribution in [-0.2, 0) is 19.1 Å². The predicted molar refractivity (Wildman–Crippen MR) is 200 cm³/mol. The number of aliphatic hydroxyl groups is 3. The van der Waals surface area contributed by atoms with Gasteiger partial charge >= 0.3 is 37.7 Å². The third-order valence-corrected chi connectivity index (χ3v) is 11.7. The number of carboxylic acid groups (broad SMARTS) is 1. The Labute approximate surface area is 342 Å². The number of aliphatic hydroxyl groups excluding tert-OH is 3. The van der Waals surface area contributed by atoms with Gasteiger partial charge in [0.2, 0.25) is 0 Å². The number of carbonyl (C=O) groups is 2. The largest absolute Gasteiger partial charge is 2.00 e. The van der Waals surface area contributed by atoms with E-state index >= 15 is 0 Å². The number of carboxylic acids is 1. The van der Waals surface area contributed by atoms with Crippen molar-refractivity contribution in [1.29, 1.82) is 0 Å². The topological polar surface area (TPSA) is 159 Å². The van der Waals surface area contributed by atoms with E-state index in [0.717, 1.165) is 32.1 Å². The van der Waals surface area contributed by atoms with Gasteiger partial charge in [-0.2, -0.15) is 0 Å². The average Bonchev–Trinajstić information content (AvgIpc) is 3.61. The molecule has 0 radical (unpaired) electrons. The van der Waals surface area contributed by atoms with Gasteiger partial charge in [-0.15, -0.1) is 5.76 Å². The number of allylic oxidation sites excluding steroid dienone is 3. The summed E-state index contributed by atoms with van der Waals surface area (Å²) in [6.45, 7) is 19.5. The van der Waals surface area contributed by atoms with Crippen molar-refractivity contribution < 1.29 is 47.4 Å². The van der Waals surface area contributed by atoms with E-state index in [1.165, 1.54) is 6.08 Å². The standard InChI is InChI=1S/C41H72O9.Ca.2H/c1-24(19-28(5)34(43)23-35(44)29(6)20-26(3)18-25(2)14-15-38(46)47)12-11-13-27(4)39(48)31(8)36(45)22-33-21-30(7)40(49-33)37-16-17-41(10,50-37)32(9)42;;;/h11,13,23-33,36-37,39-40,42-43,45,48H,12,14-22H2,1-10H3,(H,46,47);;;/q;+2;2*-1/p-2/b13-11+,34-23-;;;/t24-,25-,26+,27-,28-,29+,30+,31+,32-,33+,36+,37?,39-,40?,41+;;;/m1.../s1. The van der Waals surface area contributed by atoms with Gasteiger partial charge in [-0.25, -0.2) is 0 Å². The molecular formula is C41H72CaO9-2. The number of hydrogen-bond donors (Lipinski definition) is 3. The predicted octanol–water partition coefficient (Wildman–Crippen LogP) is 4.97. The second kappa shape index (κ2) is 22.8. The number of aliphatic carboxylic acids is 1. The van der Waals surface area contributed by atoms with E-state index in [-0.39, 0.29) is 124 Å². The van der Waals surface area contributed by atoms with E-state index in [2.05, 4.69) is 20.8 Å². The molecule has 0 saturated carbocycles. The van der Waals surface area contributed by atoms with Crippen LogP contribution in [0.25, 0.3) is 0 Å². The number of hydrogen-bond acceptors (Lipinski definition) is 9. The molecule has 2 saturated heterocycles. The fourth-order valence-corrected chi connectivity index (χ4v) is 8.05. The zero-order valence-electron chi connectivity index (χ0n) is 35.4. The molecule has 2 rings (SSSR count). The molecule has 3 N–H and O–H groups in total. The molecule has 294 valence electrons. The summed E-state index contributed by atoms with van der Waals surface area (Å²) in [6.07, 6.45) is 9.41. The van der Waals surface area contributed by atoms with Crippen LogP contribution >= 0.6 is 0 Å². The van der Waals surface area contributed by atoms with Gasteiger partial charge in [-0.1, -0.05) is 67.5 Å². The molecule has 9 nitrogen and oxygen atoms in total. The summed E-state index contributed by atoms with van der Waals surface area (Å²) in [6, 6.07) is 0. The summed E-state index contributed by atoms with van der Waals surface area (Å²) in [5.41, 5.74) is -0.551. The first-order chi connectivity index (χ1) is 23.2. The molecule has 0 aromatic rings. The maximum atomic E-state index is 12.9. The Bertz CT molecular complexity index is 1120. The van der Waals surface area contributed by atoms with E-state index in [1.54, 1.807) is 6.92 Å². The molecular weight excluding hydrogens is 677 g/mol. The molecule has 2 aliphatic rings. The van der Waals surface area contributed by atoms with Gasteiger partial charge in [0.1, 0.15) is 0 Å². The van der Waals surface area contributed by atoms with Crippen molar-refractivity contribution in [2.75, 3.05) is 0 Å². The minimum Gasteiger partial charge on any atom is -1.00 e. The summed E-state index contributed by atoms with van der Waals surface area (Å²) >= 11 is 0. The fourth-order valence-electron chi connectivity index (χ4n) is 8.05. The summed E-state index contributed by atoms with van der Waals surface area (Å²) < 4.78 is 12.6. The molecule has 0 aromatic heterocycles. The molecule has 2 fully saturated rings. The molecule has 15 atom stereocenters. The second-order valence-corrected chi connectivity index (χ2v) is 17.0. The van der Waals surface area contributed by atoms with Gasteiger partial charge in [0.05, 0.1) is 42.2 Å². The van der Waals surface area contributed by atoms with E-state index in [4.69, 9.17) is 9.47 Å². The van der Waals surface area contributed by atoms with E-state index < -0.39 is 29.9 Å². The van der Waals surface area contributed by atoms with Crippen LogP contribution in [0.5, 0.6) is 0 Å². The molecule has 51 heavy (non-hydrogen) atoms. The van der Waals surface area contributed by atoms with Crippen LogP contribution < -0.4 is 10.2 Å². The molecule has 0 bridgehead atoms. The van der Waals surface area contributed by atoms with Gasteiger partial charge in [0.25, 0.3) is 0 Å². The minimum absolute atomic E-state index is 0. The zero-order valence-corrected chi connectivity index (χ0v) is 35.6. The summed E-state index contributed by atoms with van der Waals surface area (Å²) in [5, 5.41) is 55.8. The van der Waals surface area contributed by atoms with Crippen LogP contribution in [-0.4, -0.2) is 107 Å². The van der Waals surface area contributed by atoms with Crippen LogP contribution in [0.4, 0.5) is 0 Å². The third kappa shape index (κ3) is 16.0. The molecule has 0 spiro atoms. The average molecular weight is 749 g/mol. The molecule has 10 heteroatoms. The van der Waals surface area contributed by atoms with Crippen LogP contribution in [0.2, 0.25) is 0 Å². The monoisotopic (exact) mass is 748 g/mol. The Kier molecular flexibility index (Phi) is 21.6. The van der Waals surface area contributed by atoms with Crippen molar-refractivity contribution in [3.05, 3.63) is 24.0 Å². The van der Waals surface area contributed by atoms with E-state index in [1.807, 2.05) is 53.7 Å². The SMILES string of the molecule is C[C@H](CCC(=O)[O-])C[C@H](C)C[C@H](C)C(=O)/C=C(\[O-])[C@H](C)C[C@H](C)C/C=C/[C@@H](C)[C@@H](O)[C@@H](C)[C@@H](O)C[C@@H]1C[C@H](C)C(C2CC[C@@](C)([C@@H](C)O)O2)O1.[Ca+2].[H-].[H-]. The number of rotatable bonds is 22. The maximum Gasteiger partial charge on any atom is 2.00 e. The van der Waals surface area contributed by atoms with Crippen molar-refractivity contribution in [1.82, 2.24) is 0 Å². The normalized spacial score (nSPS) is 30.1. The minimum atomic E-state index is -1.04. The Morgan fingerprint density at radius 2 is 1.57 bits per heavy atom. The van der Waals surface area contributed by atoms with Crippen molar-refractivity contribution in [3.63, 3.8) is 0 Å². The summed E-state index contributed by atoms with van der Waals surface area (Å²) in [7, 11) is 0. The quantitative estimate of drug-likeness (QED) is 0.0602. The Hall–Kier alpha value is -0.520. The van der Waals surface area contributed by atoms with Gasteiger partial charge in [0, 0.05) is 23.7 Å². The number of ether oxygens (including phenoxy) is 2. The van der Waals surface area contributed by atoms with Crippen molar-refractivity contribution >= 4 is 49.5 Å². The van der Waals surface area contributed by atoms with Crippen LogP contribution in [0.1, 0.15) is 136 Å². The summed E-state index contributed by atoms with van der Waals surface area (Å²) in [5.74, 6) is -1.44. The van der Waals surface area contributed by atoms with Crippen LogP contribution in [0.15, 0.2) is 24.0 Å². The zero-order chi connectivity index (χ0) is 37.9. The molecule has 0 aromatic carbocycles.